The Morgan fingerprint density at radius 3 is 3.12 bits per heavy atom. The number of hydrogen-bond acceptors (Lipinski definition) is 4. The molecule has 5 heteroatoms. The fourth-order valence-electron chi connectivity index (χ4n) is 1.76. The van der Waals surface area contributed by atoms with Crippen LogP contribution in [0.2, 0.25) is 0 Å². The second-order valence-electron chi connectivity index (χ2n) is 3.93. The fourth-order valence-corrected chi connectivity index (χ4v) is 1.76. The smallest absolute Gasteiger partial charge is 0.167 e. The first-order valence-corrected chi connectivity index (χ1v) is 5.69. The van der Waals surface area contributed by atoms with Gasteiger partial charge in [-0.1, -0.05) is 0 Å². The van der Waals surface area contributed by atoms with Crippen molar-refractivity contribution in [2.75, 3.05) is 38.7 Å². The van der Waals surface area contributed by atoms with Gasteiger partial charge in [0, 0.05) is 31.4 Å². The zero-order valence-electron chi connectivity index (χ0n) is 9.83. The Morgan fingerprint density at radius 1 is 1.59 bits per heavy atom. The third kappa shape index (κ3) is 3.31. The number of halogens is 1. The number of ether oxygens (including phenoxy) is 2. The second-order valence-corrected chi connectivity index (χ2v) is 3.93. The van der Waals surface area contributed by atoms with Crippen LogP contribution < -0.4 is 15.4 Å². The van der Waals surface area contributed by atoms with E-state index in [0.717, 1.165) is 25.4 Å². The minimum atomic E-state index is -0.361. The molecule has 1 aromatic rings. The van der Waals surface area contributed by atoms with Crippen LogP contribution in [-0.4, -0.2) is 39.5 Å². The molecule has 1 aliphatic heterocycles. The Hall–Kier alpha value is -1.33. The first kappa shape index (κ1) is 12.1. The van der Waals surface area contributed by atoms with Crippen molar-refractivity contribution >= 4 is 5.69 Å². The zero-order chi connectivity index (χ0) is 12.1. The monoisotopic (exact) mass is 240 g/mol. The number of nitrogens with one attached hydrogen (secondary N) is 2. The maximum atomic E-state index is 13.4. The molecule has 0 aromatic heterocycles. The molecule has 0 spiro atoms. The lowest BCUT2D eigenvalue weighted by molar-refractivity contribution is 0.0372. The Balaban J connectivity index is 1.87. The summed E-state index contributed by atoms with van der Waals surface area (Å²) in [4.78, 5) is 0. The van der Waals surface area contributed by atoms with Gasteiger partial charge in [-0.2, -0.15) is 0 Å². The van der Waals surface area contributed by atoms with Crippen LogP contribution in [0.1, 0.15) is 0 Å². The summed E-state index contributed by atoms with van der Waals surface area (Å²) < 4.78 is 23.8. The van der Waals surface area contributed by atoms with E-state index in [1.54, 1.807) is 12.1 Å². The van der Waals surface area contributed by atoms with Crippen molar-refractivity contribution in [2.24, 2.45) is 0 Å². The zero-order valence-corrected chi connectivity index (χ0v) is 9.83. The van der Waals surface area contributed by atoms with Gasteiger partial charge in [0.05, 0.1) is 19.8 Å². The summed E-state index contributed by atoms with van der Waals surface area (Å²) in [5.74, 6) is -0.105. The van der Waals surface area contributed by atoms with E-state index in [9.17, 15) is 4.39 Å². The molecule has 2 rings (SSSR count). The largest absolute Gasteiger partial charge is 0.494 e. The molecule has 1 fully saturated rings. The lowest BCUT2D eigenvalue weighted by Crippen LogP contribution is -2.42. The quantitative estimate of drug-likeness (QED) is 0.831. The van der Waals surface area contributed by atoms with Crippen LogP contribution >= 0.6 is 0 Å². The highest BCUT2D eigenvalue weighted by molar-refractivity contribution is 5.47. The average Bonchev–Trinajstić information content (AvgIpc) is 2.38. The van der Waals surface area contributed by atoms with E-state index in [-0.39, 0.29) is 17.7 Å². The Morgan fingerprint density at radius 2 is 2.47 bits per heavy atom. The molecule has 0 saturated carbocycles. The molecule has 1 aliphatic rings. The van der Waals surface area contributed by atoms with Crippen LogP contribution in [0.25, 0.3) is 0 Å². The van der Waals surface area contributed by atoms with Gasteiger partial charge >= 0.3 is 0 Å². The van der Waals surface area contributed by atoms with Crippen LogP contribution in [-0.2, 0) is 4.74 Å². The van der Waals surface area contributed by atoms with E-state index in [0.29, 0.717) is 6.54 Å². The summed E-state index contributed by atoms with van der Waals surface area (Å²) in [6.45, 7) is 3.11. The minimum Gasteiger partial charge on any atom is -0.494 e. The molecule has 4 nitrogen and oxygen atoms in total. The van der Waals surface area contributed by atoms with E-state index in [1.807, 2.05) is 0 Å². The van der Waals surface area contributed by atoms with Crippen molar-refractivity contribution < 1.29 is 13.9 Å². The number of rotatable bonds is 4. The average molecular weight is 240 g/mol. The Bertz CT molecular complexity index is 368. The molecule has 94 valence electrons. The predicted molar refractivity (Wildman–Crippen MR) is 64.1 cm³/mol. The summed E-state index contributed by atoms with van der Waals surface area (Å²) in [6, 6.07) is 4.82. The van der Waals surface area contributed by atoms with Crippen LogP contribution in [0.15, 0.2) is 18.2 Å². The number of hydrogen-bond donors (Lipinski definition) is 2. The van der Waals surface area contributed by atoms with Gasteiger partial charge in [0.15, 0.2) is 11.6 Å². The molecule has 0 aliphatic carbocycles. The van der Waals surface area contributed by atoms with E-state index >= 15 is 0 Å². The third-order valence-electron chi connectivity index (χ3n) is 2.69. The Labute approximate surface area is 100 Å². The standard InChI is InChI=1S/C12H17FN2O2/c1-16-12-3-2-9(6-11(12)13)15-8-10-7-14-4-5-17-10/h2-3,6,10,14-15H,4-5,7-8H2,1H3. The molecule has 2 N–H and O–H groups in total. The van der Waals surface area contributed by atoms with Crippen LogP contribution in [0.4, 0.5) is 10.1 Å². The summed E-state index contributed by atoms with van der Waals surface area (Å²) in [5, 5.41) is 6.39. The SMILES string of the molecule is COc1ccc(NCC2CNCCO2)cc1F. The molecular weight excluding hydrogens is 223 g/mol. The van der Waals surface area contributed by atoms with Gasteiger partial charge in [0.1, 0.15) is 0 Å². The predicted octanol–water partition coefficient (Wildman–Crippen LogP) is 1.23. The summed E-state index contributed by atoms with van der Waals surface area (Å²) in [6.07, 6.45) is 0.133. The number of anilines is 1. The van der Waals surface area contributed by atoms with Crippen LogP contribution in [0.5, 0.6) is 5.75 Å². The minimum absolute atomic E-state index is 0.133. The first-order valence-electron chi connectivity index (χ1n) is 5.69. The Kier molecular flexibility index (Phi) is 4.17. The molecule has 17 heavy (non-hydrogen) atoms. The number of benzene rings is 1. The van der Waals surface area contributed by atoms with Crippen molar-refractivity contribution in [3.63, 3.8) is 0 Å². The van der Waals surface area contributed by atoms with Crippen molar-refractivity contribution in [3.8, 4) is 5.75 Å². The van der Waals surface area contributed by atoms with Gasteiger partial charge in [-0.25, -0.2) is 4.39 Å². The van der Waals surface area contributed by atoms with E-state index in [1.165, 1.54) is 13.2 Å². The van der Waals surface area contributed by atoms with Crippen molar-refractivity contribution in [3.05, 3.63) is 24.0 Å². The molecule has 1 aromatic carbocycles. The van der Waals surface area contributed by atoms with Gasteiger partial charge in [0.25, 0.3) is 0 Å². The van der Waals surface area contributed by atoms with Crippen LogP contribution in [0.3, 0.4) is 0 Å². The van der Waals surface area contributed by atoms with Crippen molar-refractivity contribution in [2.45, 2.75) is 6.10 Å². The summed E-state index contributed by atoms with van der Waals surface area (Å²) >= 11 is 0. The number of morpholine rings is 1. The van der Waals surface area contributed by atoms with Crippen LogP contribution in [0, 0.1) is 5.82 Å². The number of methoxy groups -OCH3 is 1. The van der Waals surface area contributed by atoms with E-state index < -0.39 is 0 Å². The highest BCUT2D eigenvalue weighted by Gasteiger charge is 2.13. The molecule has 0 bridgehead atoms. The maximum Gasteiger partial charge on any atom is 0.167 e. The van der Waals surface area contributed by atoms with E-state index in [4.69, 9.17) is 9.47 Å². The highest BCUT2D eigenvalue weighted by atomic mass is 19.1. The van der Waals surface area contributed by atoms with Gasteiger partial charge in [0.2, 0.25) is 0 Å². The van der Waals surface area contributed by atoms with Crippen molar-refractivity contribution in [1.82, 2.24) is 5.32 Å². The summed E-state index contributed by atoms with van der Waals surface area (Å²) in [5.41, 5.74) is 0.734. The highest BCUT2D eigenvalue weighted by Crippen LogP contribution is 2.20. The molecule has 0 radical (unpaired) electrons. The maximum absolute atomic E-state index is 13.4. The van der Waals surface area contributed by atoms with Gasteiger partial charge in [-0.05, 0) is 12.1 Å². The first-order chi connectivity index (χ1) is 8.29. The second kappa shape index (κ2) is 5.84. The molecule has 1 atom stereocenters. The third-order valence-corrected chi connectivity index (χ3v) is 2.69. The molecule has 1 unspecified atom stereocenters. The summed E-state index contributed by atoms with van der Waals surface area (Å²) in [7, 11) is 1.45. The topological polar surface area (TPSA) is 42.5 Å². The molecule has 0 amide bonds. The lowest BCUT2D eigenvalue weighted by atomic mass is 10.2. The fraction of sp³-hybridized carbons (Fsp3) is 0.500. The van der Waals surface area contributed by atoms with Gasteiger partial charge < -0.3 is 20.1 Å². The van der Waals surface area contributed by atoms with Crippen molar-refractivity contribution in [1.29, 1.82) is 0 Å². The van der Waals surface area contributed by atoms with Gasteiger partial charge in [-0.15, -0.1) is 0 Å². The lowest BCUT2D eigenvalue weighted by Gasteiger charge is -2.24. The normalized spacial score (nSPS) is 20.0. The van der Waals surface area contributed by atoms with E-state index in [2.05, 4.69) is 10.6 Å². The van der Waals surface area contributed by atoms with Gasteiger partial charge in [-0.3, -0.25) is 0 Å². The molecular formula is C12H17FN2O2. The molecule has 1 heterocycles. The molecule has 1 saturated heterocycles.